The van der Waals surface area contributed by atoms with Crippen LogP contribution in [0.2, 0.25) is 0 Å². The zero-order valence-corrected chi connectivity index (χ0v) is 12.3. The summed E-state index contributed by atoms with van der Waals surface area (Å²) in [7, 11) is 0. The molecule has 1 N–H and O–H groups in total. The Morgan fingerprint density at radius 3 is 2.40 bits per heavy atom. The summed E-state index contributed by atoms with van der Waals surface area (Å²) in [5, 5.41) is 10.8. The molecular formula is C17H25NO2. The average Bonchev–Trinajstić information content (AvgIpc) is 3.27. The second-order valence-corrected chi connectivity index (χ2v) is 6.21. The van der Waals surface area contributed by atoms with Gasteiger partial charge in [0, 0.05) is 13.1 Å². The molecule has 20 heavy (non-hydrogen) atoms. The standard InChI is InChI=1S/C17H25NO2/c1-2-11-18-12-9-17(19,10-13-18)14-3-5-15(6-4-14)20-16-7-8-16/h3-6,16,19H,2,7-13H2,1H3. The van der Waals surface area contributed by atoms with Gasteiger partial charge in [-0.2, -0.15) is 0 Å². The van der Waals surface area contributed by atoms with Crippen molar-refractivity contribution in [2.45, 2.75) is 50.7 Å². The Morgan fingerprint density at radius 2 is 1.85 bits per heavy atom. The SMILES string of the molecule is CCCN1CCC(O)(c2ccc(OC3CC3)cc2)CC1. The van der Waals surface area contributed by atoms with E-state index in [0.29, 0.717) is 6.10 Å². The smallest absolute Gasteiger partial charge is 0.119 e. The molecule has 1 aromatic rings. The van der Waals surface area contributed by atoms with Gasteiger partial charge >= 0.3 is 0 Å². The van der Waals surface area contributed by atoms with Crippen molar-refractivity contribution in [3.8, 4) is 5.75 Å². The fourth-order valence-electron chi connectivity index (χ4n) is 2.97. The average molecular weight is 275 g/mol. The molecule has 1 aliphatic carbocycles. The van der Waals surface area contributed by atoms with Gasteiger partial charge in [0.25, 0.3) is 0 Å². The minimum absolute atomic E-state index is 0.432. The number of rotatable bonds is 5. The van der Waals surface area contributed by atoms with Gasteiger partial charge < -0.3 is 14.7 Å². The monoisotopic (exact) mass is 275 g/mol. The van der Waals surface area contributed by atoms with E-state index in [1.54, 1.807) is 0 Å². The molecule has 3 nitrogen and oxygen atoms in total. The summed E-state index contributed by atoms with van der Waals surface area (Å²) in [6.07, 6.45) is 5.64. The van der Waals surface area contributed by atoms with Crippen LogP contribution in [0.3, 0.4) is 0 Å². The van der Waals surface area contributed by atoms with Crippen LogP contribution in [0.4, 0.5) is 0 Å². The van der Waals surface area contributed by atoms with Crippen molar-refractivity contribution in [1.82, 2.24) is 4.90 Å². The number of likely N-dealkylation sites (tertiary alicyclic amines) is 1. The lowest BCUT2D eigenvalue weighted by Crippen LogP contribution is -2.42. The lowest BCUT2D eigenvalue weighted by Gasteiger charge is -2.38. The zero-order valence-electron chi connectivity index (χ0n) is 12.3. The van der Waals surface area contributed by atoms with E-state index in [2.05, 4.69) is 11.8 Å². The number of piperidine rings is 1. The van der Waals surface area contributed by atoms with Crippen molar-refractivity contribution in [3.63, 3.8) is 0 Å². The molecule has 1 aromatic carbocycles. The Bertz CT molecular complexity index is 431. The Hall–Kier alpha value is -1.06. The quantitative estimate of drug-likeness (QED) is 0.897. The summed E-state index contributed by atoms with van der Waals surface area (Å²) in [6.45, 7) is 5.33. The molecule has 0 radical (unpaired) electrons. The highest BCUT2D eigenvalue weighted by Crippen LogP contribution is 2.34. The molecule has 0 spiro atoms. The highest BCUT2D eigenvalue weighted by atomic mass is 16.5. The van der Waals surface area contributed by atoms with Gasteiger partial charge in [0.2, 0.25) is 0 Å². The zero-order chi connectivity index (χ0) is 14.0. The number of nitrogens with zero attached hydrogens (tertiary/aromatic N) is 1. The highest BCUT2D eigenvalue weighted by Gasteiger charge is 2.33. The lowest BCUT2D eigenvalue weighted by molar-refractivity contribution is -0.0258. The van der Waals surface area contributed by atoms with Crippen LogP contribution < -0.4 is 4.74 Å². The molecule has 2 fully saturated rings. The van der Waals surface area contributed by atoms with Crippen molar-refractivity contribution in [2.75, 3.05) is 19.6 Å². The third-order valence-corrected chi connectivity index (χ3v) is 4.44. The first-order valence-corrected chi connectivity index (χ1v) is 7.91. The van der Waals surface area contributed by atoms with E-state index in [-0.39, 0.29) is 0 Å². The fourth-order valence-corrected chi connectivity index (χ4v) is 2.97. The van der Waals surface area contributed by atoms with E-state index in [1.807, 2.05) is 24.3 Å². The maximum Gasteiger partial charge on any atom is 0.119 e. The van der Waals surface area contributed by atoms with Gasteiger partial charge in [-0.25, -0.2) is 0 Å². The Balaban J connectivity index is 1.62. The predicted molar refractivity (Wildman–Crippen MR) is 80.0 cm³/mol. The molecule has 1 aliphatic heterocycles. The number of aliphatic hydroxyl groups is 1. The van der Waals surface area contributed by atoms with Crippen LogP contribution >= 0.6 is 0 Å². The Morgan fingerprint density at radius 1 is 1.20 bits per heavy atom. The molecule has 110 valence electrons. The lowest BCUT2D eigenvalue weighted by atomic mass is 9.84. The summed E-state index contributed by atoms with van der Waals surface area (Å²) in [5.41, 5.74) is 0.388. The van der Waals surface area contributed by atoms with E-state index in [0.717, 1.165) is 43.8 Å². The maximum atomic E-state index is 10.8. The highest BCUT2D eigenvalue weighted by molar-refractivity contribution is 5.31. The summed E-state index contributed by atoms with van der Waals surface area (Å²) in [4.78, 5) is 2.44. The molecule has 2 aliphatic rings. The van der Waals surface area contributed by atoms with Gasteiger partial charge in [-0.15, -0.1) is 0 Å². The molecule has 3 rings (SSSR count). The minimum atomic E-state index is -0.650. The van der Waals surface area contributed by atoms with E-state index in [9.17, 15) is 5.11 Å². The second kappa shape index (κ2) is 5.74. The molecular weight excluding hydrogens is 250 g/mol. The Labute approximate surface area is 121 Å². The normalized spacial score (nSPS) is 22.7. The van der Waals surface area contributed by atoms with Crippen molar-refractivity contribution in [3.05, 3.63) is 29.8 Å². The third kappa shape index (κ3) is 3.15. The van der Waals surface area contributed by atoms with E-state index < -0.39 is 5.60 Å². The number of hydrogen-bond donors (Lipinski definition) is 1. The van der Waals surface area contributed by atoms with Crippen molar-refractivity contribution in [1.29, 1.82) is 0 Å². The molecule has 3 heteroatoms. The van der Waals surface area contributed by atoms with Crippen molar-refractivity contribution < 1.29 is 9.84 Å². The molecule has 0 amide bonds. The molecule has 0 bridgehead atoms. The largest absolute Gasteiger partial charge is 0.490 e. The fraction of sp³-hybridized carbons (Fsp3) is 0.647. The van der Waals surface area contributed by atoms with Gasteiger partial charge in [0.1, 0.15) is 5.75 Å². The first-order valence-electron chi connectivity index (χ1n) is 7.91. The van der Waals surface area contributed by atoms with E-state index >= 15 is 0 Å². The first-order chi connectivity index (χ1) is 9.69. The number of ether oxygens (including phenoxy) is 1. The van der Waals surface area contributed by atoms with Crippen molar-refractivity contribution >= 4 is 0 Å². The molecule has 0 atom stereocenters. The van der Waals surface area contributed by atoms with Crippen LogP contribution in [-0.4, -0.2) is 35.7 Å². The number of hydrogen-bond acceptors (Lipinski definition) is 3. The third-order valence-electron chi connectivity index (χ3n) is 4.44. The van der Waals surface area contributed by atoms with Gasteiger partial charge in [-0.05, 0) is 56.3 Å². The van der Waals surface area contributed by atoms with Gasteiger partial charge in [0.05, 0.1) is 11.7 Å². The van der Waals surface area contributed by atoms with Crippen LogP contribution in [0.25, 0.3) is 0 Å². The summed E-state index contributed by atoms with van der Waals surface area (Å²) in [5.74, 6) is 0.934. The van der Waals surface area contributed by atoms with Crippen LogP contribution in [0, 0.1) is 0 Å². The van der Waals surface area contributed by atoms with Crippen LogP contribution in [0.1, 0.15) is 44.6 Å². The summed E-state index contributed by atoms with van der Waals surface area (Å²) in [6, 6.07) is 8.08. The minimum Gasteiger partial charge on any atom is -0.490 e. The first kappa shape index (κ1) is 13.9. The van der Waals surface area contributed by atoms with E-state index in [4.69, 9.17) is 4.74 Å². The summed E-state index contributed by atoms with van der Waals surface area (Å²) < 4.78 is 5.76. The molecule has 1 heterocycles. The van der Waals surface area contributed by atoms with Crippen LogP contribution in [0.5, 0.6) is 5.75 Å². The molecule has 1 saturated carbocycles. The van der Waals surface area contributed by atoms with Gasteiger partial charge in [0.15, 0.2) is 0 Å². The van der Waals surface area contributed by atoms with Gasteiger partial charge in [-0.1, -0.05) is 19.1 Å². The van der Waals surface area contributed by atoms with Gasteiger partial charge in [-0.3, -0.25) is 0 Å². The van der Waals surface area contributed by atoms with Crippen LogP contribution in [-0.2, 0) is 5.60 Å². The Kier molecular flexibility index (Phi) is 3.99. The molecule has 1 saturated heterocycles. The maximum absolute atomic E-state index is 10.8. The van der Waals surface area contributed by atoms with Crippen molar-refractivity contribution in [2.24, 2.45) is 0 Å². The molecule has 0 aromatic heterocycles. The summed E-state index contributed by atoms with van der Waals surface area (Å²) >= 11 is 0. The second-order valence-electron chi connectivity index (χ2n) is 6.21. The topological polar surface area (TPSA) is 32.7 Å². The number of benzene rings is 1. The molecule has 0 unspecified atom stereocenters. The predicted octanol–water partition coefficient (Wildman–Crippen LogP) is 2.92. The van der Waals surface area contributed by atoms with E-state index in [1.165, 1.54) is 19.3 Å². The van der Waals surface area contributed by atoms with Crippen LogP contribution in [0.15, 0.2) is 24.3 Å².